The van der Waals surface area contributed by atoms with Crippen molar-refractivity contribution < 1.29 is 19.0 Å². The van der Waals surface area contributed by atoms with Crippen LogP contribution in [0.2, 0.25) is 0 Å². The van der Waals surface area contributed by atoms with E-state index in [2.05, 4.69) is 5.32 Å². The molecule has 3 aromatic carbocycles. The third kappa shape index (κ3) is 5.15. The van der Waals surface area contributed by atoms with Crippen molar-refractivity contribution in [3.8, 4) is 34.2 Å². The highest BCUT2D eigenvalue weighted by atomic mass is 16.5. The van der Waals surface area contributed by atoms with E-state index < -0.39 is 0 Å². The third-order valence-electron chi connectivity index (χ3n) is 5.04. The lowest BCUT2D eigenvalue weighted by atomic mass is 10.1. The first-order chi connectivity index (χ1) is 16.2. The maximum Gasteiger partial charge on any atom is 0.255 e. The lowest BCUT2D eigenvalue weighted by molar-refractivity contribution is 0.0947. The summed E-state index contributed by atoms with van der Waals surface area (Å²) in [5, 5.41) is 7.62. The second-order valence-electron chi connectivity index (χ2n) is 7.16. The molecule has 4 rings (SSSR count). The van der Waals surface area contributed by atoms with Gasteiger partial charge in [-0.25, -0.2) is 4.68 Å². The van der Waals surface area contributed by atoms with E-state index in [-0.39, 0.29) is 5.91 Å². The van der Waals surface area contributed by atoms with Gasteiger partial charge in [0.05, 0.1) is 32.0 Å². The number of ether oxygens (including phenoxy) is 3. The Morgan fingerprint density at radius 1 is 0.909 bits per heavy atom. The van der Waals surface area contributed by atoms with E-state index in [1.165, 1.54) is 0 Å². The zero-order chi connectivity index (χ0) is 23.0. The molecule has 7 nitrogen and oxygen atoms in total. The molecular formula is C26H25N3O4. The van der Waals surface area contributed by atoms with E-state index in [9.17, 15) is 4.79 Å². The van der Waals surface area contributed by atoms with Gasteiger partial charge in [-0.1, -0.05) is 42.5 Å². The molecule has 4 aromatic rings. The van der Waals surface area contributed by atoms with Crippen LogP contribution >= 0.6 is 0 Å². The second kappa shape index (κ2) is 10.4. The first kappa shape index (κ1) is 22.0. The molecule has 0 atom stereocenters. The number of aromatic nitrogens is 2. The summed E-state index contributed by atoms with van der Waals surface area (Å²) in [5.74, 6) is 1.73. The van der Waals surface area contributed by atoms with E-state index in [1.807, 2.05) is 78.9 Å². The lowest BCUT2D eigenvalue weighted by Gasteiger charge is -2.11. The van der Waals surface area contributed by atoms with Crippen LogP contribution < -0.4 is 19.5 Å². The van der Waals surface area contributed by atoms with Crippen molar-refractivity contribution in [2.24, 2.45) is 0 Å². The number of amides is 1. The van der Waals surface area contributed by atoms with Crippen molar-refractivity contribution in [2.45, 2.75) is 0 Å². The van der Waals surface area contributed by atoms with Gasteiger partial charge in [-0.2, -0.15) is 5.10 Å². The minimum atomic E-state index is -0.237. The number of nitrogens with one attached hydrogen (secondary N) is 1. The highest BCUT2D eigenvalue weighted by Gasteiger charge is 2.19. The van der Waals surface area contributed by atoms with Crippen molar-refractivity contribution >= 4 is 5.91 Å². The molecule has 1 aromatic heterocycles. The van der Waals surface area contributed by atoms with E-state index in [4.69, 9.17) is 19.3 Å². The molecule has 1 N–H and O–H groups in total. The molecule has 0 aliphatic rings. The van der Waals surface area contributed by atoms with E-state index in [0.29, 0.717) is 41.7 Å². The number of hydrogen-bond donors (Lipinski definition) is 1. The Balaban J connectivity index is 1.53. The van der Waals surface area contributed by atoms with E-state index in [1.54, 1.807) is 25.1 Å². The van der Waals surface area contributed by atoms with Crippen LogP contribution in [0.25, 0.3) is 16.9 Å². The molecule has 7 heteroatoms. The molecule has 33 heavy (non-hydrogen) atoms. The van der Waals surface area contributed by atoms with Crippen molar-refractivity contribution in [3.05, 3.63) is 90.6 Å². The Labute approximate surface area is 192 Å². The molecule has 0 radical (unpaired) electrons. The fourth-order valence-corrected chi connectivity index (χ4v) is 3.40. The minimum Gasteiger partial charge on any atom is -0.497 e. The van der Waals surface area contributed by atoms with E-state index >= 15 is 0 Å². The van der Waals surface area contributed by atoms with Crippen LogP contribution in [0.5, 0.6) is 17.2 Å². The van der Waals surface area contributed by atoms with Gasteiger partial charge in [0.25, 0.3) is 5.91 Å². The molecule has 0 bridgehead atoms. The first-order valence-corrected chi connectivity index (χ1v) is 10.5. The standard InChI is InChI=1S/C26H25N3O4/c1-31-21-12-8-9-19(17-21)25-22(18-29(28-25)20-10-4-3-5-11-20)26(30)27-15-16-33-24-14-7-6-13-23(24)32-2/h3-14,17-18H,15-16H2,1-2H3,(H,27,30). The van der Waals surface area contributed by atoms with E-state index in [0.717, 1.165) is 11.3 Å². The molecule has 0 unspecified atom stereocenters. The summed E-state index contributed by atoms with van der Waals surface area (Å²) in [6, 6.07) is 24.5. The van der Waals surface area contributed by atoms with Gasteiger partial charge < -0.3 is 19.5 Å². The normalized spacial score (nSPS) is 10.5. The highest BCUT2D eigenvalue weighted by molar-refractivity contribution is 6.00. The second-order valence-corrected chi connectivity index (χ2v) is 7.16. The summed E-state index contributed by atoms with van der Waals surface area (Å²) >= 11 is 0. The molecule has 0 spiro atoms. The molecule has 0 aliphatic heterocycles. The number of carbonyl (C=O) groups excluding carboxylic acids is 1. The molecular weight excluding hydrogens is 418 g/mol. The summed E-state index contributed by atoms with van der Waals surface area (Å²) in [5.41, 5.74) is 2.69. The summed E-state index contributed by atoms with van der Waals surface area (Å²) in [4.78, 5) is 13.1. The Bertz CT molecular complexity index is 1220. The van der Waals surface area contributed by atoms with Crippen molar-refractivity contribution in [2.75, 3.05) is 27.4 Å². The van der Waals surface area contributed by atoms with Crippen molar-refractivity contribution in [3.63, 3.8) is 0 Å². The predicted molar refractivity (Wildman–Crippen MR) is 126 cm³/mol. The number of carbonyl (C=O) groups is 1. The van der Waals surface area contributed by atoms with Crippen LogP contribution in [0.4, 0.5) is 0 Å². The monoisotopic (exact) mass is 443 g/mol. The molecule has 0 saturated carbocycles. The Hall–Kier alpha value is -4.26. The van der Waals surface area contributed by atoms with Crippen molar-refractivity contribution in [1.29, 1.82) is 0 Å². The third-order valence-corrected chi connectivity index (χ3v) is 5.04. The molecule has 0 fully saturated rings. The minimum absolute atomic E-state index is 0.237. The number of methoxy groups -OCH3 is 2. The molecule has 1 amide bonds. The van der Waals surface area contributed by atoms with Crippen LogP contribution in [0, 0.1) is 0 Å². The average molecular weight is 444 g/mol. The van der Waals surface area contributed by atoms with Gasteiger partial charge in [0, 0.05) is 11.8 Å². The fourth-order valence-electron chi connectivity index (χ4n) is 3.40. The maximum atomic E-state index is 13.1. The Morgan fingerprint density at radius 2 is 1.67 bits per heavy atom. The fraction of sp³-hybridized carbons (Fsp3) is 0.154. The van der Waals surface area contributed by atoms with Gasteiger partial charge in [-0.3, -0.25) is 4.79 Å². The summed E-state index contributed by atoms with van der Waals surface area (Å²) in [7, 11) is 3.20. The molecule has 168 valence electrons. The summed E-state index contributed by atoms with van der Waals surface area (Å²) in [6.45, 7) is 0.623. The highest BCUT2D eigenvalue weighted by Crippen LogP contribution is 2.27. The molecule has 1 heterocycles. The van der Waals surface area contributed by atoms with Gasteiger partial charge in [0.1, 0.15) is 18.1 Å². The number of para-hydroxylation sites is 3. The maximum absolute atomic E-state index is 13.1. The SMILES string of the molecule is COc1cccc(-c2nn(-c3ccccc3)cc2C(=O)NCCOc2ccccc2OC)c1. The van der Waals surface area contributed by atoms with Crippen LogP contribution in [0.1, 0.15) is 10.4 Å². The smallest absolute Gasteiger partial charge is 0.255 e. The van der Waals surface area contributed by atoms with Crippen LogP contribution in [-0.2, 0) is 0 Å². The first-order valence-electron chi connectivity index (χ1n) is 10.5. The lowest BCUT2D eigenvalue weighted by Crippen LogP contribution is -2.28. The number of benzene rings is 3. The number of nitrogens with zero attached hydrogens (tertiary/aromatic N) is 2. The molecule has 0 saturated heterocycles. The quantitative estimate of drug-likeness (QED) is 0.389. The van der Waals surface area contributed by atoms with Gasteiger partial charge in [-0.05, 0) is 36.4 Å². The van der Waals surface area contributed by atoms with Crippen LogP contribution in [0.15, 0.2) is 85.1 Å². The predicted octanol–water partition coefficient (Wildman–Crippen LogP) is 4.37. The van der Waals surface area contributed by atoms with Crippen LogP contribution in [0.3, 0.4) is 0 Å². The van der Waals surface area contributed by atoms with Gasteiger partial charge in [0.2, 0.25) is 0 Å². The zero-order valence-electron chi connectivity index (χ0n) is 18.5. The van der Waals surface area contributed by atoms with Crippen molar-refractivity contribution in [1.82, 2.24) is 15.1 Å². The number of rotatable bonds is 9. The summed E-state index contributed by atoms with van der Waals surface area (Å²) < 4.78 is 18.1. The number of hydrogen-bond acceptors (Lipinski definition) is 5. The Morgan fingerprint density at radius 3 is 2.42 bits per heavy atom. The largest absolute Gasteiger partial charge is 0.497 e. The molecule has 0 aliphatic carbocycles. The zero-order valence-corrected chi connectivity index (χ0v) is 18.5. The van der Waals surface area contributed by atoms with Gasteiger partial charge in [0.15, 0.2) is 11.5 Å². The van der Waals surface area contributed by atoms with Gasteiger partial charge in [-0.15, -0.1) is 0 Å². The Kier molecular flexibility index (Phi) is 6.90. The van der Waals surface area contributed by atoms with Gasteiger partial charge >= 0.3 is 0 Å². The topological polar surface area (TPSA) is 74.6 Å². The van der Waals surface area contributed by atoms with Crippen LogP contribution in [-0.4, -0.2) is 43.1 Å². The summed E-state index contributed by atoms with van der Waals surface area (Å²) in [6.07, 6.45) is 1.74. The average Bonchev–Trinajstić information content (AvgIpc) is 3.33.